The van der Waals surface area contributed by atoms with Crippen molar-refractivity contribution < 1.29 is 9.53 Å². The number of nitrogens with zero attached hydrogens (tertiary/aromatic N) is 2. The van der Waals surface area contributed by atoms with Crippen LogP contribution >= 0.6 is 0 Å². The highest BCUT2D eigenvalue weighted by Crippen LogP contribution is 2.32. The largest absolute Gasteiger partial charge is 0.368 e. The van der Waals surface area contributed by atoms with Gasteiger partial charge in [0.05, 0.1) is 29.0 Å². The second-order valence-corrected chi connectivity index (χ2v) is 7.09. The second kappa shape index (κ2) is 7.84. The van der Waals surface area contributed by atoms with Crippen LogP contribution < -0.4 is 5.32 Å². The van der Waals surface area contributed by atoms with Crippen molar-refractivity contribution in [2.24, 2.45) is 0 Å². The zero-order chi connectivity index (χ0) is 18.6. The van der Waals surface area contributed by atoms with Crippen molar-refractivity contribution in [3.05, 3.63) is 72.1 Å². The Kier molecular flexibility index (Phi) is 5.12. The van der Waals surface area contributed by atoms with E-state index in [2.05, 4.69) is 22.4 Å². The van der Waals surface area contributed by atoms with Crippen LogP contribution in [0.2, 0.25) is 0 Å². The van der Waals surface area contributed by atoms with E-state index in [0.29, 0.717) is 6.42 Å². The standard InChI is InChI=1S/C22H23N3O2/c1-15(26)24-17-12-18(11-16-7-3-2-4-8-16)27-22(13-17)21-14-23-19-9-5-6-10-20(19)25-21/h2-10,14,17-18,22H,11-13H2,1H3,(H,24,26)/t17-,18+,22+/m1/s1. The fourth-order valence-electron chi connectivity index (χ4n) is 3.75. The van der Waals surface area contributed by atoms with Crippen LogP contribution in [-0.2, 0) is 16.0 Å². The molecule has 1 aliphatic heterocycles. The number of fused-ring (bicyclic) bond motifs is 1. The fraction of sp³-hybridized carbons (Fsp3) is 0.318. The number of carbonyl (C=O) groups excluding carboxylic acids is 1. The van der Waals surface area contributed by atoms with Crippen molar-refractivity contribution in [2.75, 3.05) is 0 Å². The number of hydrogen-bond donors (Lipinski definition) is 1. The number of rotatable bonds is 4. The van der Waals surface area contributed by atoms with Crippen LogP contribution in [0.5, 0.6) is 0 Å². The predicted octanol–water partition coefficient (Wildman–Crippen LogP) is 3.60. The molecule has 0 bridgehead atoms. The van der Waals surface area contributed by atoms with Gasteiger partial charge in [-0.2, -0.15) is 0 Å². The molecule has 5 nitrogen and oxygen atoms in total. The maximum absolute atomic E-state index is 11.6. The van der Waals surface area contributed by atoms with E-state index < -0.39 is 0 Å². The molecule has 2 aromatic carbocycles. The third kappa shape index (κ3) is 4.31. The SMILES string of the molecule is CC(=O)N[C@@H]1C[C@H](Cc2ccccc2)O[C@H](c2cnc3ccccc3n2)C1. The van der Waals surface area contributed by atoms with Gasteiger partial charge in [0.2, 0.25) is 5.91 Å². The summed E-state index contributed by atoms with van der Waals surface area (Å²) in [6.07, 6.45) is 3.96. The van der Waals surface area contributed by atoms with E-state index in [9.17, 15) is 4.79 Å². The van der Waals surface area contributed by atoms with Gasteiger partial charge in [0.15, 0.2) is 0 Å². The van der Waals surface area contributed by atoms with Crippen LogP contribution in [0.1, 0.15) is 37.1 Å². The molecule has 0 radical (unpaired) electrons. The number of amides is 1. The van der Waals surface area contributed by atoms with Crippen LogP contribution in [0.4, 0.5) is 0 Å². The Morgan fingerprint density at radius 3 is 2.59 bits per heavy atom. The van der Waals surface area contributed by atoms with Crippen molar-refractivity contribution >= 4 is 16.9 Å². The van der Waals surface area contributed by atoms with E-state index >= 15 is 0 Å². The van der Waals surface area contributed by atoms with Crippen molar-refractivity contribution in [3.63, 3.8) is 0 Å². The number of benzene rings is 2. The average molecular weight is 361 g/mol. The Balaban J connectivity index is 1.58. The Morgan fingerprint density at radius 1 is 1.07 bits per heavy atom. The molecule has 1 aromatic heterocycles. The number of carbonyl (C=O) groups is 1. The molecule has 4 rings (SSSR count). The summed E-state index contributed by atoms with van der Waals surface area (Å²) in [4.78, 5) is 20.9. The van der Waals surface area contributed by atoms with Gasteiger partial charge in [0.25, 0.3) is 0 Å². The first-order chi connectivity index (χ1) is 13.2. The fourth-order valence-corrected chi connectivity index (χ4v) is 3.75. The van der Waals surface area contributed by atoms with Crippen LogP contribution in [0.25, 0.3) is 11.0 Å². The molecule has 0 spiro atoms. The van der Waals surface area contributed by atoms with Gasteiger partial charge in [0.1, 0.15) is 6.10 Å². The molecule has 0 saturated carbocycles. The van der Waals surface area contributed by atoms with Crippen LogP contribution in [-0.4, -0.2) is 28.0 Å². The van der Waals surface area contributed by atoms with Crippen LogP contribution in [0.3, 0.4) is 0 Å². The first-order valence-corrected chi connectivity index (χ1v) is 9.35. The molecule has 2 heterocycles. The highest BCUT2D eigenvalue weighted by atomic mass is 16.5. The second-order valence-electron chi connectivity index (χ2n) is 7.09. The van der Waals surface area contributed by atoms with E-state index in [1.54, 1.807) is 13.1 Å². The lowest BCUT2D eigenvalue weighted by Crippen LogP contribution is -2.43. The molecule has 5 heteroatoms. The number of aromatic nitrogens is 2. The molecule has 0 aliphatic carbocycles. The van der Waals surface area contributed by atoms with E-state index in [1.165, 1.54) is 5.56 Å². The van der Waals surface area contributed by atoms with Gasteiger partial charge in [0, 0.05) is 13.0 Å². The van der Waals surface area contributed by atoms with Gasteiger partial charge in [-0.25, -0.2) is 4.98 Å². The molecule has 3 atom stereocenters. The quantitative estimate of drug-likeness (QED) is 0.771. The monoisotopic (exact) mass is 361 g/mol. The van der Waals surface area contributed by atoms with E-state index in [-0.39, 0.29) is 24.2 Å². The predicted molar refractivity (Wildman–Crippen MR) is 104 cm³/mol. The van der Waals surface area contributed by atoms with Crippen LogP contribution in [0.15, 0.2) is 60.8 Å². The minimum atomic E-state index is -0.179. The lowest BCUT2D eigenvalue weighted by atomic mass is 9.93. The number of ether oxygens (including phenoxy) is 1. The normalized spacial score (nSPS) is 22.5. The molecular weight excluding hydrogens is 338 g/mol. The van der Waals surface area contributed by atoms with E-state index in [0.717, 1.165) is 29.6 Å². The molecule has 3 aromatic rings. The number of nitrogens with one attached hydrogen (secondary N) is 1. The topological polar surface area (TPSA) is 64.1 Å². The number of para-hydroxylation sites is 2. The highest BCUT2D eigenvalue weighted by Gasteiger charge is 2.32. The zero-order valence-corrected chi connectivity index (χ0v) is 15.3. The van der Waals surface area contributed by atoms with Crippen molar-refractivity contribution in [1.29, 1.82) is 0 Å². The summed E-state index contributed by atoms with van der Waals surface area (Å²) >= 11 is 0. The van der Waals surface area contributed by atoms with Gasteiger partial charge >= 0.3 is 0 Å². The summed E-state index contributed by atoms with van der Waals surface area (Å²) in [6, 6.07) is 18.2. The van der Waals surface area contributed by atoms with Gasteiger partial charge < -0.3 is 10.1 Å². The Bertz CT molecular complexity index is 929. The molecular formula is C22H23N3O2. The Labute approximate surface area is 158 Å². The Morgan fingerprint density at radius 2 is 1.81 bits per heavy atom. The third-order valence-electron chi connectivity index (χ3n) is 4.91. The van der Waals surface area contributed by atoms with Crippen molar-refractivity contribution in [3.8, 4) is 0 Å². The molecule has 138 valence electrons. The first-order valence-electron chi connectivity index (χ1n) is 9.35. The van der Waals surface area contributed by atoms with E-state index in [1.807, 2.05) is 42.5 Å². The summed E-state index contributed by atoms with van der Waals surface area (Å²) in [5.41, 5.74) is 3.78. The van der Waals surface area contributed by atoms with Crippen molar-refractivity contribution in [1.82, 2.24) is 15.3 Å². The molecule has 1 aliphatic rings. The van der Waals surface area contributed by atoms with Gasteiger partial charge in [-0.05, 0) is 37.0 Å². The smallest absolute Gasteiger partial charge is 0.217 e. The molecule has 1 amide bonds. The van der Waals surface area contributed by atoms with Gasteiger partial charge in [-0.3, -0.25) is 9.78 Å². The number of hydrogen-bond acceptors (Lipinski definition) is 4. The summed E-state index contributed by atoms with van der Waals surface area (Å²) in [6.45, 7) is 1.56. The zero-order valence-electron chi connectivity index (χ0n) is 15.3. The lowest BCUT2D eigenvalue weighted by Gasteiger charge is -2.35. The highest BCUT2D eigenvalue weighted by molar-refractivity contribution is 5.74. The van der Waals surface area contributed by atoms with Crippen molar-refractivity contribution in [2.45, 2.75) is 44.4 Å². The summed E-state index contributed by atoms with van der Waals surface area (Å²) in [7, 11) is 0. The summed E-state index contributed by atoms with van der Waals surface area (Å²) < 4.78 is 6.38. The first kappa shape index (κ1) is 17.6. The summed E-state index contributed by atoms with van der Waals surface area (Å²) in [5, 5.41) is 3.07. The Hall–Kier alpha value is -2.79. The van der Waals surface area contributed by atoms with Gasteiger partial charge in [-0.15, -0.1) is 0 Å². The van der Waals surface area contributed by atoms with Gasteiger partial charge in [-0.1, -0.05) is 42.5 Å². The average Bonchev–Trinajstić information content (AvgIpc) is 2.68. The maximum Gasteiger partial charge on any atom is 0.217 e. The van der Waals surface area contributed by atoms with E-state index in [4.69, 9.17) is 9.72 Å². The minimum absolute atomic E-state index is 0.0105. The molecule has 1 N–H and O–H groups in total. The molecule has 1 fully saturated rings. The molecule has 0 unspecified atom stereocenters. The maximum atomic E-state index is 11.6. The minimum Gasteiger partial charge on any atom is -0.368 e. The van der Waals surface area contributed by atoms with Crippen LogP contribution in [0, 0.1) is 0 Å². The lowest BCUT2D eigenvalue weighted by molar-refractivity contribution is -0.122. The summed E-state index contributed by atoms with van der Waals surface area (Å²) in [5.74, 6) is -0.0105. The molecule has 27 heavy (non-hydrogen) atoms. The molecule has 1 saturated heterocycles. The third-order valence-corrected chi connectivity index (χ3v) is 4.91.